The van der Waals surface area contributed by atoms with Crippen molar-refractivity contribution >= 4 is 40.9 Å². The van der Waals surface area contributed by atoms with Crippen molar-refractivity contribution in [3.05, 3.63) is 18.9 Å². The third-order valence-corrected chi connectivity index (χ3v) is 18.8. The SMILES string of the molecule is CCCCCCCCC(CCCCCCCC)OC(=O)CCCCC(=O)C[I-]c1sc2c(c1C(=O)OCCCN(C)C)CCN(C(=O)CCCCCOC(=O)C(CCCCCC)CCCCCCCC)C2. The molecule has 0 fully saturated rings. The zero-order valence-corrected chi connectivity index (χ0v) is 49.3. The van der Waals surface area contributed by atoms with Gasteiger partial charge in [-0.3, -0.25) is 4.79 Å². The Bertz CT molecular complexity index is 1550. The zero-order valence-electron chi connectivity index (χ0n) is 46.3. The average Bonchev–Trinajstić information content (AvgIpc) is 3.73. The molecule has 0 saturated carbocycles. The van der Waals surface area contributed by atoms with E-state index in [4.69, 9.17) is 14.2 Å². The van der Waals surface area contributed by atoms with Crippen LogP contribution < -0.4 is 21.2 Å². The maximum absolute atomic E-state index is 13.7. The normalized spacial score (nSPS) is 13.0. The molecule has 2 rings (SSSR count). The number of rotatable bonds is 47. The topological polar surface area (TPSA) is 120 Å². The van der Waals surface area contributed by atoms with Gasteiger partial charge in [0.25, 0.3) is 0 Å². The molecule has 2 heterocycles. The first-order valence-corrected chi connectivity index (χ1v) is 32.7. The predicted octanol–water partition coefficient (Wildman–Crippen LogP) is 12.0. The van der Waals surface area contributed by atoms with E-state index in [1.165, 1.54) is 116 Å². The van der Waals surface area contributed by atoms with E-state index in [-0.39, 0.29) is 41.6 Å². The van der Waals surface area contributed by atoms with Crippen LogP contribution in [-0.4, -0.2) is 90.3 Å². The van der Waals surface area contributed by atoms with Crippen LogP contribution in [0.4, 0.5) is 0 Å². The molecule has 0 aliphatic carbocycles. The molecule has 12 heteroatoms. The van der Waals surface area contributed by atoms with Gasteiger partial charge in [-0.25, -0.2) is 0 Å². The van der Waals surface area contributed by atoms with Crippen molar-refractivity contribution in [3.8, 4) is 0 Å². The number of carbonyl (C=O) groups is 5. The van der Waals surface area contributed by atoms with Crippen LogP contribution in [0.3, 0.4) is 0 Å². The standard InChI is InChI=1S/C59H104IN2O8S/c1-7-11-15-19-22-27-36-49(35-26-18-14-10-4)58(66)68-45-33-25-30-40-54(64)62-44-42-52-53(48-62)71-57(56(52)59(67)69-46-34-43-61(5)6)60-47-50(63)37-31-32-41-55(65)70-51(38-28-23-20-16-12-8-2)39-29-24-21-17-13-9-3/h49,51H,7-48H2,1-6H3/q-1. The van der Waals surface area contributed by atoms with Gasteiger partial charge in [0.2, 0.25) is 0 Å². The van der Waals surface area contributed by atoms with E-state index in [2.05, 4.69) is 32.6 Å². The fourth-order valence-electron chi connectivity index (χ4n) is 9.48. The molecular formula is C59H104IN2O8S-. The summed E-state index contributed by atoms with van der Waals surface area (Å²) in [7, 11) is 4.00. The van der Waals surface area contributed by atoms with E-state index in [1.54, 1.807) is 11.3 Å². The van der Waals surface area contributed by atoms with Crippen molar-refractivity contribution in [1.82, 2.24) is 9.80 Å². The molecule has 0 spiro atoms. The summed E-state index contributed by atoms with van der Waals surface area (Å²) in [4.78, 5) is 71.6. The Balaban J connectivity index is 1.89. The molecule has 71 heavy (non-hydrogen) atoms. The second-order valence-corrected chi connectivity index (χ2v) is 25.3. The molecule has 0 bridgehead atoms. The molecule has 0 aromatic carbocycles. The Labute approximate surface area is 448 Å². The van der Waals surface area contributed by atoms with Gasteiger partial charge in [0.05, 0.1) is 5.92 Å². The van der Waals surface area contributed by atoms with Gasteiger partial charge in [0, 0.05) is 0 Å². The minimum absolute atomic E-state index is 0.000271. The summed E-state index contributed by atoms with van der Waals surface area (Å²) in [5, 5.41) is 0. The number of halogens is 1. The Hall–Kier alpha value is -2.06. The number of thiophene rings is 1. The van der Waals surface area contributed by atoms with Gasteiger partial charge in [-0.15, -0.1) is 0 Å². The minimum atomic E-state index is -0.789. The monoisotopic (exact) mass is 1130 g/mol. The van der Waals surface area contributed by atoms with E-state index in [0.717, 1.165) is 96.9 Å². The van der Waals surface area contributed by atoms with Crippen molar-refractivity contribution < 1.29 is 59.4 Å². The first-order valence-electron chi connectivity index (χ1n) is 29.2. The molecule has 1 aromatic heterocycles. The fourth-order valence-corrected chi connectivity index (χ4v) is 14.3. The van der Waals surface area contributed by atoms with Gasteiger partial charge < -0.3 is 0 Å². The molecule has 1 amide bonds. The number of hydrogen-bond acceptors (Lipinski definition) is 10. The van der Waals surface area contributed by atoms with Crippen molar-refractivity contribution in [3.63, 3.8) is 0 Å². The van der Waals surface area contributed by atoms with Crippen molar-refractivity contribution in [2.24, 2.45) is 5.92 Å². The summed E-state index contributed by atoms with van der Waals surface area (Å²) in [5.74, 6) is -0.191. The number of nitrogens with zero attached hydrogens (tertiary/aromatic N) is 2. The van der Waals surface area contributed by atoms with Gasteiger partial charge in [0.15, 0.2) is 0 Å². The fraction of sp³-hybridized carbons (Fsp3) is 0.847. The number of alkyl halides is 1. The van der Waals surface area contributed by atoms with Crippen LogP contribution in [0, 0.1) is 8.80 Å². The summed E-state index contributed by atoms with van der Waals surface area (Å²) >= 11 is 0.806. The molecule has 0 radical (unpaired) electrons. The van der Waals surface area contributed by atoms with Crippen molar-refractivity contribution in [2.75, 3.05) is 44.8 Å². The van der Waals surface area contributed by atoms with Gasteiger partial charge >= 0.3 is 284 Å². The number of esters is 3. The Morgan fingerprint density at radius 1 is 0.592 bits per heavy atom. The number of fused-ring (bicyclic) bond motifs is 1. The van der Waals surface area contributed by atoms with Crippen LogP contribution >= 0.6 is 11.3 Å². The summed E-state index contributed by atoms with van der Waals surface area (Å²) in [6.45, 7) is 11.5. The Morgan fingerprint density at radius 2 is 1.10 bits per heavy atom. The number of amides is 1. The molecule has 10 nitrogen and oxygen atoms in total. The third kappa shape index (κ3) is 31.4. The van der Waals surface area contributed by atoms with Crippen molar-refractivity contribution in [1.29, 1.82) is 0 Å². The maximum atomic E-state index is 13.7. The number of Topliss-reactive ketones (excluding diaryl/α,β-unsaturated/α-hetero) is 1. The molecule has 1 aliphatic rings. The quantitative estimate of drug-likeness (QED) is 0.0207. The van der Waals surface area contributed by atoms with Crippen molar-refractivity contribution in [2.45, 2.75) is 271 Å². The predicted molar refractivity (Wildman–Crippen MR) is 289 cm³/mol. The Kier molecular flexibility index (Phi) is 39.6. The van der Waals surface area contributed by atoms with Gasteiger partial charge in [-0.05, 0) is 12.8 Å². The van der Waals surface area contributed by atoms with Gasteiger partial charge in [-0.2, -0.15) is 0 Å². The second-order valence-electron chi connectivity index (χ2n) is 20.8. The summed E-state index contributed by atoms with van der Waals surface area (Å²) in [5.41, 5.74) is 1.64. The van der Waals surface area contributed by atoms with E-state index < -0.39 is 21.2 Å². The van der Waals surface area contributed by atoms with Crippen LogP contribution in [0.1, 0.15) is 273 Å². The van der Waals surface area contributed by atoms with Gasteiger partial charge in [-0.1, -0.05) is 143 Å². The van der Waals surface area contributed by atoms with Crippen LogP contribution in [0.5, 0.6) is 0 Å². The molecule has 1 aliphatic heterocycles. The van der Waals surface area contributed by atoms with Crippen LogP contribution in [0.25, 0.3) is 0 Å². The van der Waals surface area contributed by atoms with E-state index in [0.29, 0.717) is 74.8 Å². The first kappa shape index (κ1) is 65.1. The molecule has 0 saturated heterocycles. The first-order chi connectivity index (χ1) is 34.5. The molecule has 1 unspecified atom stereocenters. The van der Waals surface area contributed by atoms with Crippen LogP contribution in [0.15, 0.2) is 0 Å². The summed E-state index contributed by atoms with van der Waals surface area (Å²) in [6.07, 6.45) is 36.6. The van der Waals surface area contributed by atoms with E-state index in [1.807, 2.05) is 19.0 Å². The number of carbonyl (C=O) groups excluding carboxylic acids is 5. The molecule has 0 N–H and O–H groups in total. The van der Waals surface area contributed by atoms with E-state index >= 15 is 0 Å². The number of ether oxygens (including phenoxy) is 3. The number of unbranched alkanes of at least 4 members (excludes halogenated alkanes) is 21. The Morgan fingerprint density at radius 3 is 1.69 bits per heavy atom. The van der Waals surface area contributed by atoms with Gasteiger partial charge in [0.1, 0.15) is 0 Å². The van der Waals surface area contributed by atoms with Crippen LogP contribution in [-0.2, 0) is 46.4 Å². The third-order valence-electron chi connectivity index (χ3n) is 14.0. The molecular weight excluding hydrogens is 1020 g/mol. The molecule has 1 atom stereocenters. The molecule has 412 valence electrons. The average molecular weight is 1130 g/mol. The second kappa shape index (κ2) is 43.2. The van der Waals surface area contributed by atoms with E-state index in [9.17, 15) is 24.0 Å². The summed E-state index contributed by atoms with van der Waals surface area (Å²) in [6, 6.07) is 0. The number of hydrogen-bond donors (Lipinski definition) is 0. The molecule has 1 aromatic rings. The number of ketones is 1. The van der Waals surface area contributed by atoms with Crippen LogP contribution in [0.2, 0.25) is 0 Å². The zero-order chi connectivity index (χ0) is 51.7. The summed E-state index contributed by atoms with van der Waals surface area (Å²) < 4.78 is 19.1.